The van der Waals surface area contributed by atoms with E-state index in [1.165, 1.54) is 29.2 Å². The van der Waals surface area contributed by atoms with Crippen LogP contribution in [0.3, 0.4) is 0 Å². The molecule has 3 rings (SSSR count). The molecule has 1 atom stereocenters. The van der Waals surface area contributed by atoms with Crippen molar-refractivity contribution in [3.8, 4) is 0 Å². The lowest BCUT2D eigenvalue weighted by atomic mass is 10.0. The standard InChI is InChI=1S/C17H21NS/c1-13(18-12-17(19-2)9-10-17)15-8-7-14-5-3-4-6-16(14)11-15/h3-8,11,13,18H,9-10,12H2,1-2H3. The quantitative estimate of drug-likeness (QED) is 0.865. The lowest BCUT2D eigenvalue weighted by Gasteiger charge is -2.19. The summed E-state index contributed by atoms with van der Waals surface area (Å²) in [5, 5.41) is 6.35. The Hall–Kier alpha value is -0.990. The second kappa shape index (κ2) is 5.18. The maximum absolute atomic E-state index is 3.70. The summed E-state index contributed by atoms with van der Waals surface area (Å²) < 4.78 is 0.533. The molecule has 0 heterocycles. The molecule has 0 saturated heterocycles. The van der Waals surface area contributed by atoms with Crippen LogP contribution < -0.4 is 5.32 Å². The topological polar surface area (TPSA) is 12.0 Å². The zero-order valence-corrected chi connectivity index (χ0v) is 12.5. The van der Waals surface area contributed by atoms with E-state index in [9.17, 15) is 0 Å². The molecule has 0 bridgehead atoms. The van der Waals surface area contributed by atoms with Crippen LogP contribution in [-0.4, -0.2) is 17.5 Å². The molecule has 1 saturated carbocycles. The fourth-order valence-corrected chi connectivity index (χ4v) is 3.26. The number of nitrogens with one attached hydrogen (secondary N) is 1. The molecule has 1 unspecified atom stereocenters. The van der Waals surface area contributed by atoms with Gasteiger partial charge in [0.05, 0.1) is 0 Å². The van der Waals surface area contributed by atoms with E-state index in [0.29, 0.717) is 10.8 Å². The first kappa shape index (κ1) is 13.0. The fraction of sp³-hybridized carbons (Fsp3) is 0.412. The number of fused-ring (bicyclic) bond motifs is 1. The average Bonchev–Trinajstić information content (AvgIpc) is 3.25. The number of hydrogen-bond acceptors (Lipinski definition) is 2. The van der Waals surface area contributed by atoms with E-state index in [1.807, 2.05) is 11.8 Å². The van der Waals surface area contributed by atoms with Gasteiger partial charge in [-0.25, -0.2) is 0 Å². The Morgan fingerprint density at radius 2 is 1.89 bits per heavy atom. The van der Waals surface area contributed by atoms with Crippen molar-refractivity contribution in [3.05, 3.63) is 48.0 Å². The maximum Gasteiger partial charge on any atom is 0.0292 e. The third kappa shape index (κ3) is 2.80. The molecule has 0 spiro atoms. The summed E-state index contributed by atoms with van der Waals surface area (Å²) in [5.74, 6) is 0. The second-order valence-corrected chi connectivity index (χ2v) is 6.87. The Morgan fingerprint density at radius 1 is 1.16 bits per heavy atom. The predicted octanol–water partition coefficient (Wildman–Crippen LogP) is 4.39. The van der Waals surface area contributed by atoms with Gasteiger partial charge in [0.15, 0.2) is 0 Å². The van der Waals surface area contributed by atoms with Crippen LogP contribution in [0.1, 0.15) is 31.4 Å². The van der Waals surface area contributed by atoms with Gasteiger partial charge in [-0.2, -0.15) is 11.8 Å². The van der Waals surface area contributed by atoms with E-state index in [2.05, 4.69) is 61.0 Å². The lowest BCUT2D eigenvalue weighted by Crippen LogP contribution is -2.28. The highest BCUT2D eigenvalue weighted by Crippen LogP contribution is 2.46. The summed E-state index contributed by atoms with van der Waals surface area (Å²) in [7, 11) is 0. The van der Waals surface area contributed by atoms with Gasteiger partial charge in [0.2, 0.25) is 0 Å². The van der Waals surface area contributed by atoms with Gasteiger partial charge < -0.3 is 5.32 Å². The van der Waals surface area contributed by atoms with Crippen molar-refractivity contribution in [2.45, 2.75) is 30.6 Å². The van der Waals surface area contributed by atoms with Crippen molar-refractivity contribution in [1.82, 2.24) is 5.32 Å². The minimum Gasteiger partial charge on any atom is -0.309 e. The van der Waals surface area contributed by atoms with Crippen LogP contribution in [-0.2, 0) is 0 Å². The van der Waals surface area contributed by atoms with Gasteiger partial charge in [-0.1, -0.05) is 36.4 Å². The van der Waals surface area contributed by atoms with Crippen LogP contribution in [0.2, 0.25) is 0 Å². The highest BCUT2D eigenvalue weighted by molar-refractivity contribution is 8.00. The van der Waals surface area contributed by atoms with Crippen LogP contribution in [0, 0.1) is 0 Å². The minimum atomic E-state index is 0.425. The van der Waals surface area contributed by atoms with Gasteiger partial charge in [-0.3, -0.25) is 0 Å². The van der Waals surface area contributed by atoms with Crippen LogP contribution in [0.4, 0.5) is 0 Å². The van der Waals surface area contributed by atoms with Crippen LogP contribution >= 0.6 is 11.8 Å². The molecular weight excluding hydrogens is 250 g/mol. The van der Waals surface area contributed by atoms with Crippen molar-refractivity contribution < 1.29 is 0 Å². The van der Waals surface area contributed by atoms with E-state index in [4.69, 9.17) is 0 Å². The molecule has 1 N–H and O–H groups in total. The smallest absolute Gasteiger partial charge is 0.0292 e. The Morgan fingerprint density at radius 3 is 2.58 bits per heavy atom. The van der Waals surface area contributed by atoms with Crippen molar-refractivity contribution >= 4 is 22.5 Å². The van der Waals surface area contributed by atoms with Gasteiger partial charge >= 0.3 is 0 Å². The number of thioether (sulfide) groups is 1. The normalized spacial score (nSPS) is 18.4. The molecule has 2 aromatic carbocycles. The number of hydrogen-bond donors (Lipinski definition) is 1. The monoisotopic (exact) mass is 271 g/mol. The van der Waals surface area contributed by atoms with Crippen LogP contribution in [0.5, 0.6) is 0 Å². The zero-order chi connectivity index (χ0) is 13.3. The first-order valence-electron chi connectivity index (χ1n) is 7.00. The molecule has 0 radical (unpaired) electrons. The molecule has 1 nitrogen and oxygen atoms in total. The van der Waals surface area contributed by atoms with E-state index in [1.54, 1.807) is 0 Å². The predicted molar refractivity (Wildman–Crippen MR) is 85.8 cm³/mol. The van der Waals surface area contributed by atoms with Gasteiger partial charge in [0.25, 0.3) is 0 Å². The fourth-order valence-electron chi connectivity index (χ4n) is 2.53. The van der Waals surface area contributed by atoms with E-state index < -0.39 is 0 Å². The maximum atomic E-state index is 3.70. The van der Waals surface area contributed by atoms with E-state index in [-0.39, 0.29) is 0 Å². The molecule has 1 aliphatic rings. The summed E-state index contributed by atoms with van der Waals surface area (Å²) in [5.41, 5.74) is 1.38. The zero-order valence-electron chi connectivity index (χ0n) is 11.6. The van der Waals surface area contributed by atoms with E-state index >= 15 is 0 Å². The highest BCUT2D eigenvalue weighted by Gasteiger charge is 2.41. The molecule has 19 heavy (non-hydrogen) atoms. The Bertz CT molecular complexity index is 574. The molecule has 0 aliphatic heterocycles. The van der Waals surface area contributed by atoms with Gasteiger partial charge in [-0.15, -0.1) is 0 Å². The molecule has 2 heteroatoms. The molecule has 2 aromatic rings. The SMILES string of the molecule is CSC1(CNC(C)c2ccc3ccccc3c2)CC1. The Kier molecular flexibility index (Phi) is 3.55. The summed E-state index contributed by atoms with van der Waals surface area (Å²) in [6.45, 7) is 3.39. The molecule has 100 valence electrons. The molecule has 1 aliphatic carbocycles. The molecule has 0 aromatic heterocycles. The van der Waals surface area contributed by atoms with Crippen molar-refractivity contribution in [2.24, 2.45) is 0 Å². The average molecular weight is 271 g/mol. The Labute approximate surface area is 119 Å². The number of benzene rings is 2. The molecule has 0 amide bonds. The second-order valence-electron chi connectivity index (χ2n) is 5.60. The summed E-state index contributed by atoms with van der Waals surface area (Å²) in [4.78, 5) is 0. The summed E-state index contributed by atoms with van der Waals surface area (Å²) >= 11 is 2.02. The van der Waals surface area contributed by atoms with E-state index in [0.717, 1.165) is 6.54 Å². The van der Waals surface area contributed by atoms with Crippen LogP contribution in [0.25, 0.3) is 10.8 Å². The van der Waals surface area contributed by atoms with Gasteiger partial charge in [-0.05, 0) is 48.4 Å². The summed E-state index contributed by atoms with van der Waals surface area (Å²) in [6.07, 6.45) is 4.96. The largest absolute Gasteiger partial charge is 0.309 e. The Balaban J connectivity index is 1.72. The lowest BCUT2D eigenvalue weighted by molar-refractivity contribution is 0.564. The third-order valence-corrected chi connectivity index (χ3v) is 5.66. The van der Waals surface area contributed by atoms with Crippen molar-refractivity contribution in [1.29, 1.82) is 0 Å². The van der Waals surface area contributed by atoms with Crippen molar-refractivity contribution in [3.63, 3.8) is 0 Å². The molecular formula is C17H21NS. The third-order valence-electron chi connectivity index (χ3n) is 4.24. The highest BCUT2D eigenvalue weighted by atomic mass is 32.2. The minimum absolute atomic E-state index is 0.425. The first-order valence-corrected chi connectivity index (χ1v) is 8.22. The van der Waals surface area contributed by atoms with Gasteiger partial charge in [0, 0.05) is 17.3 Å². The number of rotatable bonds is 5. The van der Waals surface area contributed by atoms with Gasteiger partial charge in [0.1, 0.15) is 0 Å². The first-order chi connectivity index (χ1) is 9.22. The molecule has 1 fully saturated rings. The van der Waals surface area contributed by atoms with Crippen molar-refractivity contribution in [2.75, 3.05) is 12.8 Å². The summed E-state index contributed by atoms with van der Waals surface area (Å²) in [6, 6.07) is 15.8. The van der Waals surface area contributed by atoms with Crippen LogP contribution in [0.15, 0.2) is 42.5 Å².